The molecule has 0 bridgehead atoms. The van der Waals surface area contributed by atoms with E-state index in [0.717, 1.165) is 44.7 Å². The van der Waals surface area contributed by atoms with E-state index in [1.165, 1.54) is 54.8 Å². The first-order chi connectivity index (χ1) is 27.2. The summed E-state index contributed by atoms with van der Waals surface area (Å²) in [5.74, 6) is 0. The van der Waals surface area contributed by atoms with Gasteiger partial charge in [0.25, 0.3) is 0 Å². The van der Waals surface area contributed by atoms with Crippen molar-refractivity contribution in [1.29, 1.82) is 0 Å². The van der Waals surface area contributed by atoms with Gasteiger partial charge in [-0.15, -0.1) is 0 Å². The Morgan fingerprint density at radius 1 is 0.327 bits per heavy atom. The highest BCUT2D eigenvalue weighted by atomic mass is 16.3. The van der Waals surface area contributed by atoms with Gasteiger partial charge in [-0.2, -0.15) is 0 Å². The molecule has 0 aliphatic rings. The minimum Gasteiger partial charge on any atom is -0.456 e. The van der Waals surface area contributed by atoms with Crippen molar-refractivity contribution in [3.63, 3.8) is 0 Å². The van der Waals surface area contributed by atoms with Crippen LogP contribution in [0.5, 0.6) is 0 Å². The lowest BCUT2D eigenvalue weighted by Crippen LogP contribution is -2.10. The summed E-state index contributed by atoms with van der Waals surface area (Å²) in [5.41, 5.74) is 13.4. The molecule has 9 aromatic carbocycles. The third-order valence-electron chi connectivity index (χ3n) is 11.0. The summed E-state index contributed by atoms with van der Waals surface area (Å²) in [4.78, 5) is 2.37. The largest absolute Gasteiger partial charge is 0.456 e. The first-order valence-corrected chi connectivity index (χ1v) is 18.7. The predicted octanol–water partition coefficient (Wildman–Crippen LogP) is 14.6. The van der Waals surface area contributed by atoms with Gasteiger partial charge in [0.2, 0.25) is 0 Å². The summed E-state index contributed by atoms with van der Waals surface area (Å²) in [5, 5.41) is 7.13. The lowest BCUT2D eigenvalue weighted by molar-refractivity contribution is 0.669. The van der Waals surface area contributed by atoms with Crippen LogP contribution in [-0.4, -0.2) is 4.57 Å². The second kappa shape index (κ2) is 12.6. The van der Waals surface area contributed by atoms with Gasteiger partial charge in [-0.05, 0) is 112 Å². The highest BCUT2D eigenvalue weighted by Crippen LogP contribution is 2.41. The molecule has 0 fully saturated rings. The molecule has 3 heteroatoms. The van der Waals surface area contributed by atoms with Crippen molar-refractivity contribution in [2.75, 3.05) is 4.90 Å². The third kappa shape index (κ3) is 5.28. The van der Waals surface area contributed by atoms with Crippen molar-refractivity contribution in [3.8, 4) is 27.9 Å². The summed E-state index contributed by atoms with van der Waals surface area (Å²) >= 11 is 0. The van der Waals surface area contributed by atoms with E-state index in [0.29, 0.717) is 0 Å². The molecule has 258 valence electrons. The van der Waals surface area contributed by atoms with Gasteiger partial charge in [0.1, 0.15) is 11.2 Å². The Hall–Kier alpha value is -7.36. The van der Waals surface area contributed by atoms with Crippen LogP contribution >= 0.6 is 0 Å². The molecule has 11 rings (SSSR count). The van der Waals surface area contributed by atoms with Crippen molar-refractivity contribution < 1.29 is 4.42 Å². The second-order valence-corrected chi connectivity index (χ2v) is 14.2. The Bertz CT molecular complexity index is 3180. The molecule has 0 saturated heterocycles. The van der Waals surface area contributed by atoms with E-state index in [4.69, 9.17) is 4.42 Å². The number of hydrogen-bond donors (Lipinski definition) is 0. The first-order valence-electron chi connectivity index (χ1n) is 18.7. The Balaban J connectivity index is 1.04. The van der Waals surface area contributed by atoms with Crippen LogP contribution in [0.25, 0.3) is 82.5 Å². The quantitative estimate of drug-likeness (QED) is 0.172. The lowest BCUT2D eigenvalue weighted by Gasteiger charge is -2.26. The molecule has 2 aromatic heterocycles. The standard InChI is InChI=1S/C52H34N2O/c1-3-11-35(12-4-1)36-21-25-42(26-22-36)53(44-29-30-46-45-15-7-9-17-49(45)54(50(46)34-44)41-13-5-2-6-14-41)43-27-23-37(24-28-43)38-19-20-39-33-52-48(32-40(39)31-38)47-16-8-10-18-51(47)55-52/h1-34H. The van der Waals surface area contributed by atoms with Crippen LogP contribution in [0.4, 0.5) is 17.1 Å². The average molecular weight is 703 g/mol. The molecule has 0 atom stereocenters. The van der Waals surface area contributed by atoms with Crippen molar-refractivity contribution in [3.05, 3.63) is 206 Å². The van der Waals surface area contributed by atoms with Crippen LogP contribution in [0.1, 0.15) is 0 Å². The summed E-state index contributed by atoms with van der Waals surface area (Å²) in [6.07, 6.45) is 0. The molecule has 0 radical (unpaired) electrons. The van der Waals surface area contributed by atoms with Gasteiger partial charge in [0.05, 0.1) is 11.0 Å². The molecule has 0 aliphatic heterocycles. The zero-order chi connectivity index (χ0) is 36.3. The maximum Gasteiger partial charge on any atom is 0.136 e. The normalized spacial score (nSPS) is 11.6. The summed E-state index contributed by atoms with van der Waals surface area (Å²) in [6.45, 7) is 0. The van der Waals surface area contributed by atoms with Crippen molar-refractivity contribution in [2.45, 2.75) is 0 Å². The van der Waals surface area contributed by atoms with Crippen LogP contribution in [0.2, 0.25) is 0 Å². The summed E-state index contributed by atoms with van der Waals surface area (Å²) in [6, 6.07) is 74.1. The van der Waals surface area contributed by atoms with Crippen LogP contribution in [0.15, 0.2) is 211 Å². The van der Waals surface area contributed by atoms with Gasteiger partial charge in [-0.25, -0.2) is 0 Å². The predicted molar refractivity (Wildman–Crippen MR) is 231 cm³/mol. The molecule has 0 aliphatic carbocycles. The van der Waals surface area contributed by atoms with Crippen LogP contribution in [-0.2, 0) is 0 Å². The number of anilines is 3. The highest BCUT2D eigenvalue weighted by Gasteiger charge is 2.18. The van der Waals surface area contributed by atoms with E-state index in [1.807, 2.05) is 12.1 Å². The molecule has 11 aromatic rings. The Labute approximate surface area is 318 Å². The summed E-state index contributed by atoms with van der Waals surface area (Å²) in [7, 11) is 0. The molecular formula is C52H34N2O. The van der Waals surface area contributed by atoms with Gasteiger partial charge < -0.3 is 13.9 Å². The maximum absolute atomic E-state index is 6.17. The second-order valence-electron chi connectivity index (χ2n) is 14.2. The highest BCUT2D eigenvalue weighted by molar-refractivity contribution is 6.11. The van der Waals surface area contributed by atoms with Gasteiger partial charge in [0.15, 0.2) is 0 Å². The fraction of sp³-hybridized carbons (Fsp3) is 0. The minimum absolute atomic E-state index is 0.920. The maximum atomic E-state index is 6.17. The number of furan rings is 1. The van der Waals surface area contributed by atoms with E-state index in [9.17, 15) is 0 Å². The average Bonchev–Trinajstić information content (AvgIpc) is 3.78. The number of aromatic nitrogens is 1. The monoisotopic (exact) mass is 702 g/mol. The van der Waals surface area contributed by atoms with Gasteiger partial charge >= 0.3 is 0 Å². The summed E-state index contributed by atoms with van der Waals surface area (Å²) < 4.78 is 8.56. The molecule has 55 heavy (non-hydrogen) atoms. The molecule has 0 amide bonds. The van der Waals surface area contributed by atoms with Crippen molar-refractivity contribution >= 4 is 71.6 Å². The SMILES string of the molecule is c1ccc(-c2ccc(N(c3ccc(-c4ccc5cc6oc7ccccc7c6cc5c4)cc3)c3ccc4c5ccccc5n(-c5ccccc5)c4c3)cc2)cc1. The number of nitrogens with zero attached hydrogens (tertiary/aromatic N) is 2. The topological polar surface area (TPSA) is 21.3 Å². The fourth-order valence-corrected chi connectivity index (χ4v) is 8.28. The number of hydrogen-bond acceptors (Lipinski definition) is 2. The number of benzene rings is 9. The Kier molecular flexibility index (Phi) is 7.17. The molecular weight excluding hydrogens is 669 g/mol. The Morgan fingerprint density at radius 2 is 0.909 bits per heavy atom. The van der Waals surface area contributed by atoms with E-state index < -0.39 is 0 Å². The van der Waals surface area contributed by atoms with Gasteiger partial charge in [0, 0.05) is 44.3 Å². The Morgan fingerprint density at radius 3 is 1.67 bits per heavy atom. The van der Waals surface area contributed by atoms with E-state index in [2.05, 4.69) is 204 Å². The minimum atomic E-state index is 0.920. The molecule has 0 saturated carbocycles. The zero-order valence-electron chi connectivity index (χ0n) is 29.9. The zero-order valence-corrected chi connectivity index (χ0v) is 29.9. The smallest absolute Gasteiger partial charge is 0.136 e. The molecule has 0 spiro atoms. The van der Waals surface area contributed by atoms with Crippen LogP contribution in [0, 0.1) is 0 Å². The van der Waals surface area contributed by atoms with Crippen molar-refractivity contribution in [2.24, 2.45) is 0 Å². The number of para-hydroxylation sites is 3. The van der Waals surface area contributed by atoms with E-state index in [-0.39, 0.29) is 0 Å². The molecule has 2 heterocycles. The molecule has 0 N–H and O–H groups in total. The number of fused-ring (bicyclic) bond motifs is 7. The van der Waals surface area contributed by atoms with Crippen LogP contribution < -0.4 is 4.90 Å². The van der Waals surface area contributed by atoms with Gasteiger partial charge in [-0.3, -0.25) is 0 Å². The third-order valence-corrected chi connectivity index (χ3v) is 11.0. The van der Waals surface area contributed by atoms with E-state index >= 15 is 0 Å². The number of rotatable bonds is 6. The molecule has 3 nitrogen and oxygen atoms in total. The van der Waals surface area contributed by atoms with Crippen molar-refractivity contribution in [1.82, 2.24) is 4.57 Å². The fourth-order valence-electron chi connectivity index (χ4n) is 8.28. The van der Waals surface area contributed by atoms with Crippen LogP contribution in [0.3, 0.4) is 0 Å². The molecule has 0 unspecified atom stereocenters. The van der Waals surface area contributed by atoms with Gasteiger partial charge in [-0.1, -0.05) is 127 Å². The first kappa shape index (κ1) is 31.2. The van der Waals surface area contributed by atoms with E-state index in [1.54, 1.807) is 0 Å². The lowest BCUT2D eigenvalue weighted by atomic mass is 9.99.